The number of halogens is 1. The van der Waals surface area contributed by atoms with E-state index in [0.717, 1.165) is 11.3 Å². The Morgan fingerprint density at radius 2 is 2.26 bits per heavy atom. The van der Waals surface area contributed by atoms with Gasteiger partial charge in [-0.3, -0.25) is 9.78 Å². The Balaban J connectivity index is 1.85. The second kappa shape index (κ2) is 6.99. The third kappa shape index (κ3) is 3.25. The van der Waals surface area contributed by atoms with Crippen LogP contribution in [0, 0.1) is 12.7 Å². The zero-order valence-electron chi connectivity index (χ0n) is 15.5. The summed E-state index contributed by atoms with van der Waals surface area (Å²) in [5, 5.41) is 13.9. The Morgan fingerprint density at radius 3 is 2.93 bits per heavy atom. The molecule has 1 aliphatic heterocycles. The number of aromatic nitrogens is 5. The second-order valence-corrected chi connectivity index (χ2v) is 6.70. The summed E-state index contributed by atoms with van der Waals surface area (Å²) >= 11 is 0. The second-order valence-electron chi connectivity index (χ2n) is 6.70. The number of hydrogen-bond donors (Lipinski definition) is 2. The third-order valence-corrected chi connectivity index (χ3v) is 4.74. The number of pyridine rings is 1. The largest absolute Gasteiger partial charge is 0.377 e. The molecule has 4 heterocycles. The van der Waals surface area contributed by atoms with Crippen molar-refractivity contribution in [3.63, 3.8) is 0 Å². The summed E-state index contributed by atoms with van der Waals surface area (Å²) in [6.07, 6.45) is 3.33. The minimum atomic E-state index is -0.430. The fraction of sp³-hybridized carbons (Fsp3) is 0.389. The number of rotatable bonds is 4. The van der Waals surface area contributed by atoms with E-state index in [1.54, 1.807) is 36.3 Å². The van der Waals surface area contributed by atoms with Crippen molar-refractivity contribution in [1.82, 2.24) is 25.0 Å². The van der Waals surface area contributed by atoms with Gasteiger partial charge in [0.25, 0.3) is 0 Å². The van der Waals surface area contributed by atoms with Gasteiger partial charge in [0.15, 0.2) is 11.6 Å². The summed E-state index contributed by atoms with van der Waals surface area (Å²) in [4.78, 5) is 6.69. The molecule has 142 valence electrons. The minimum Gasteiger partial charge on any atom is -0.377 e. The smallest absolute Gasteiger partial charge is 0.175 e. The summed E-state index contributed by atoms with van der Waals surface area (Å²) in [6, 6.07) is 3.66. The van der Waals surface area contributed by atoms with Gasteiger partial charge in [-0.15, -0.1) is 0 Å². The molecular weight excluding hydrogens is 349 g/mol. The number of hydrogen-bond acceptors (Lipinski definition) is 6. The van der Waals surface area contributed by atoms with Crippen molar-refractivity contribution in [2.45, 2.75) is 19.9 Å². The number of nitrogens with zero attached hydrogens (tertiary/aromatic N) is 5. The van der Waals surface area contributed by atoms with Gasteiger partial charge in [0, 0.05) is 25.2 Å². The number of aryl methyl sites for hydroxylation is 2. The first kappa shape index (κ1) is 17.5. The van der Waals surface area contributed by atoms with E-state index in [2.05, 4.69) is 37.4 Å². The molecular formula is C18H22FN7O. The molecule has 4 rings (SSSR count). The topological polar surface area (TPSA) is 83.9 Å². The number of H-pyrrole nitrogens is 1. The van der Waals surface area contributed by atoms with E-state index in [1.165, 1.54) is 0 Å². The molecule has 0 saturated carbocycles. The van der Waals surface area contributed by atoms with Crippen LogP contribution in [0.5, 0.6) is 0 Å². The highest BCUT2D eigenvalue weighted by Gasteiger charge is 2.25. The lowest BCUT2D eigenvalue weighted by Gasteiger charge is -2.34. The Labute approximate surface area is 156 Å². The Hall–Kier alpha value is -2.94. The summed E-state index contributed by atoms with van der Waals surface area (Å²) in [5.41, 5.74) is 2.08. The molecule has 2 N–H and O–H groups in total. The van der Waals surface area contributed by atoms with Crippen LogP contribution >= 0.6 is 0 Å². The molecule has 27 heavy (non-hydrogen) atoms. The number of morpholine rings is 1. The molecule has 0 aliphatic carbocycles. The van der Waals surface area contributed by atoms with Crippen molar-refractivity contribution < 1.29 is 9.13 Å². The van der Waals surface area contributed by atoms with E-state index in [-0.39, 0.29) is 11.9 Å². The van der Waals surface area contributed by atoms with Crippen LogP contribution in [0.4, 0.5) is 21.8 Å². The van der Waals surface area contributed by atoms with Gasteiger partial charge in [-0.1, -0.05) is 0 Å². The molecule has 1 saturated heterocycles. The Bertz CT molecular complexity index is 918. The van der Waals surface area contributed by atoms with Crippen molar-refractivity contribution in [2.75, 3.05) is 30.0 Å². The van der Waals surface area contributed by atoms with E-state index in [1.807, 2.05) is 6.92 Å². The van der Waals surface area contributed by atoms with E-state index < -0.39 is 5.82 Å². The van der Waals surface area contributed by atoms with Crippen LogP contribution in [-0.4, -0.2) is 50.8 Å². The fourth-order valence-corrected chi connectivity index (χ4v) is 3.37. The normalized spacial score (nSPS) is 17.3. The van der Waals surface area contributed by atoms with Crippen LogP contribution in [0.3, 0.4) is 0 Å². The summed E-state index contributed by atoms with van der Waals surface area (Å²) < 4.78 is 22.6. The van der Waals surface area contributed by atoms with Crippen LogP contribution in [0.1, 0.15) is 12.5 Å². The number of nitrogens with one attached hydrogen (secondary N) is 2. The van der Waals surface area contributed by atoms with Crippen molar-refractivity contribution in [1.29, 1.82) is 0 Å². The van der Waals surface area contributed by atoms with Crippen LogP contribution in [0.25, 0.3) is 11.3 Å². The van der Waals surface area contributed by atoms with E-state index in [4.69, 9.17) is 4.74 Å². The maximum absolute atomic E-state index is 15.4. The van der Waals surface area contributed by atoms with Crippen molar-refractivity contribution in [3.05, 3.63) is 35.9 Å². The van der Waals surface area contributed by atoms with Gasteiger partial charge in [-0.2, -0.15) is 10.2 Å². The lowest BCUT2D eigenvalue weighted by Crippen LogP contribution is -2.44. The molecule has 0 unspecified atom stereocenters. The first-order chi connectivity index (χ1) is 13.0. The molecule has 1 atom stereocenters. The van der Waals surface area contributed by atoms with Gasteiger partial charge in [0.05, 0.1) is 37.3 Å². The SMILES string of the molecule is Cc1cnn(C)c1-c1cc(N2CCOC[C@H]2C)nc(Nc2ccn[nH]2)c1F. The van der Waals surface area contributed by atoms with Gasteiger partial charge in [-0.05, 0) is 25.5 Å². The lowest BCUT2D eigenvalue weighted by molar-refractivity contribution is 0.0985. The van der Waals surface area contributed by atoms with E-state index in [0.29, 0.717) is 37.0 Å². The predicted molar refractivity (Wildman–Crippen MR) is 101 cm³/mol. The van der Waals surface area contributed by atoms with Crippen molar-refractivity contribution in [3.8, 4) is 11.3 Å². The van der Waals surface area contributed by atoms with Crippen LogP contribution in [-0.2, 0) is 11.8 Å². The maximum Gasteiger partial charge on any atom is 0.175 e. The van der Waals surface area contributed by atoms with E-state index in [9.17, 15) is 0 Å². The molecule has 1 aliphatic rings. The number of ether oxygens (including phenoxy) is 1. The number of anilines is 3. The molecule has 0 spiro atoms. The zero-order chi connectivity index (χ0) is 19.0. The quantitative estimate of drug-likeness (QED) is 0.734. The van der Waals surface area contributed by atoms with Crippen molar-refractivity contribution in [2.24, 2.45) is 7.05 Å². The first-order valence-corrected chi connectivity index (χ1v) is 8.85. The highest BCUT2D eigenvalue weighted by Crippen LogP contribution is 2.34. The predicted octanol–water partition coefficient (Wildman–Crippen LogP) is 2.62. The van der Waals surface area contributed by atoms with Crippen LogP contribution in [0.2, 0.25) is 0 Å². The average molecular weight is 371 g/mol. The summed E-state index contributed by atoms with van der Waals surface area (Å²) in [6.45, 7) is 5.92. The van der Waals surface area contributed by atoms with Crippen LogP contribution in [0.15, 0.2) is 24.5 Å². The fourth-order valence-electron chi connectivity index (χ4n) is 3.37. The maximum atomic E-state index is 15.4. The standard InChI is InChI=1S/C18H22FN7O/c1-11-9-21-25(3)17(11)13-8-15(26-6-7-27-10-12(26)2)23-18(16(13)19)22-14-4-5-20-24-14/h4-5,8-9,12H,6-7,10H2,1-3H3,(H2,20,22,23,24)/t12-/m1/s1. The number of aromatic amines is 1. The van der Waals surface area contributed by atoms with Gasteiger partial charge in [0.2, 0.25) is 0 Å². The molecule has 0 aromatic carbocycles. The molecule has 9 heteroatoms. The molecule has 0 amide bonds. The third-order valence-electron chi connectivity index (χ3n) is 4.74. The average Bonchev–Trinajstić information content (AvgIpc) is 3.27. The molecule has 8 nitrogen and oxygen atoms in total. The van der Waals surface area contributed by atoms with Gasteiger partial charge < -0.3 is 15.0 Å². The summed E-state index contributed by atoms with van der Waals surface area (Å²) in [7, 11) is 1.81. The molecule has 3 aromatic rings. The molecule has 0 radical (unpaired) electrons. The van der Waals surface area contributed by atoms with Crippen molar-refractivity contribution >= 4 is 17.5 Å². The van der Waals surface area contributed by atoms with Gasteiger partial charge >= 0.3 is 0 Å². The monoisotopic (exact) mass is 371 g/mol. The molecule has 3 aromatic heterocycles. The van der Waals surface area contributed by atoms with Crippen LogP contribution < -0.4 is 10.2 Å². The Morgan fingerprint density at radius 1 is 1.41 bits per heavy atom. The lowest BCUT2D eigenvalue weighted by atomic mass is 10.1. The molecule has 1 fully saturated rings. The van der Waals surface area contributed by atoms with E-state index >= 15 is 4.39 Å². The minimum absolute atomic E-state index is 0.144. The molecule has 0 bridgehead atoms. The summed E-state index contributed by atoms with van der Waals surface area (Å²) in [5.74, 6) is 0.984. The highest BCUT2D eigenvalue weighted by molar-refractivity contribution is 5.73. The van der Waals surface area contributed by atoms with Gasteiger partial charge in [0.1, 0.15) is 11.6 Å². The zero-order valence-corrected chi connectivity index (χ0v) is 15.5. The first-order valence-electron chi connectivity index (χ1n) is 8.85. The Kier molecular flexibility index (Phi) is 4.53. The highest BCUT2D eigenvalue weighted by atomic mass is 19.1. The van der Waals surface area contributed by atoms with Gasteiger partial charge in [-0.25, -0.2) is 9.37 Å².